The Labute approximate surface area is 145 Å². The fourth-order valence-electron chi connectivity index (χ4n) is 2.53. The Morgan fingerprint density at radius 1 is 0.957 bits per heavy atom. The second-order valence-electron chi connectivity index (χ2n) is 7.30. The van der Waals surface area contributed by atoms with Crippen molar-refractivity contribution in [1.82, 2.24) is 0 Å². The van der Waals surface area contributed by atoms with Crippen molar-refractivity contribution in [3.8, 4) is 5.75 Å². The van der Waals surface area contributed by atoms with Crippen molar-refractivity contribution in [1.29, 1.82) is 0 Å². The van der Waals surface area contributed by atoms with Gasteiger partial charge in [0.2, 0.25) is 0 Å². The van der Waals surface area contributed by atoms with E-state index in [1.807, 2.05) is 30.3 Å². The van der Waals surface area contributed by atoms with Crippen molar-refractivity contribution in [2.45, 2.75) is 53.1 Å². The minimum absolute atomic E-state index is 0.416. The monoisotopic (exact) mass is 330 g/mol. The van der Waals surface area contributed by atoms with Gasteiger partial charge >= 0.3 is 0 Å². The molecular weight excluding hydrogens is 304 g/mol. The van der Waals surface area contributed by atoms with Gasteiger partial charge in [0.1, 0.15) is 12.4 Å². The van der Waals surface area contributed by atoms with E-state index in [2.05, 4.69) is 39.0 Å². The summed E-state index contributed by atoms with van der Waals surface area (Å²) in [6, 6.07) is 16.2. The molecule has 124 valence electrons. The number of unbranched alkanes of at least 4 members (excludes halogenated alkanes) is 1. The summed E-state index contributed by atoms with van der Waals surface area (Å²) in [7, 11) is 0. The standard InChI is InChI=1S/C21H27ClO/c1-21(2,3)14-8-7-11-18-12-13-19(15-20(18)22)23-16-17-9-5-4-6-10-17/h4-6,9-10,12-13,15H,7-8,11,14,16H2,1-3H3. The third-order valence-corrected chi connectivity index (χ3v) is 4.25. The van der Waals surface area contributed by atoms with Gasteiger partial charge in [-0.15, -0.1) is 0 Å². The van der Waals surface area contributed by atoms with Crippen LogP contribution in [0, 0.1) is 5.41 Å². The number of hydrogen-bond acceptors (Lipinski definition) is 1. The molecule has 0 unspecified atom stereocenters. The van der Waals surface area contributed by atoms with Crippen LogP contribution in [0.15, 0.2) is 48.5 Å². The zero-order valence-electron chi connectivity index (χ0n) is 14.4. The topological polar surface area (TPSA) is 9.23 Å². The molecule has 0 saturated carbocycles. The molecule has 0 aliphatic carbocycles. The lowest BCUT2D eigenvalue weighted by molar-refractivity contribution is 0.306. The van der Waals surface area contributed by atoms with Crippen molar-refractivity contribution in [2.75, 3.05) is 0 Å². The summed E-state index contributed by atoms with van der Waals surface area (Å²) < 4.78 is 5.81. The van der Waals surface area contributed by atoms with Crippen LogP contribution in [-0.4, -0.2) is 0 Å². The molecule has 2 heteroatoms. The van der Waals surface area contributed by atoms with Gasteiger partial charge in [-0.05, 0) is 47.9 Å². The lowest BCUT2D eigenvalue weighted by atomic mass is 9.89. The Kier molecular flexibility index (Phi) is 6.53. The van der Waals surface area contributed by atoms with E-state index in [9.17, 15) is 0 Å². The van der Waals surface area contributed by atoms with Crippen molar-refractivity contribution in [2.24, 2.45) is 5.41 Å². The summed E-state index contributed by atoms with van der Waals surface area (Å²) in [6.07, 6.45) is 4.71. The molecule has 0 spiro atoms. The molecule has 0 bridgehead atoms. The maximum atomic E-state index is 6.40. The van der Waals surface area contributed by atoms with E-state index in [-0.39, 0.29) is 0 Å². The molecule has 0 atom stereocenters. The average molecular weight is 331 g/mol. The van der Waals surface area contributed by atoms with Gasteiger partial charge in [-0.25, -0.2) is 0 Å². The van der Waals surface area contributed by atoms with Crippen LogP contribution in [0.4, 0.5) is 0 Å². The highest BCUT2D eigenvalue weighted by atomic mass is 35.5. The van der Waals surface area contributed by atoms with Crippen LogP contribution in [0.25, 0.3) is 0 Å². The van der Waals surface area contributed by atoms with Crippen molar-refractivity contribution >= 4 is 11.6 Å². The van der Waals surface area contributed by atoms with Gasteiger partial charge in [0.25, 0.3) is 0 Å². The molecule has 0 N–H and O–H groups in total. The first-order chi connectivity index (χ1) is 10.9. The van der Waals surface area contributed by atoms with E-state index >= 15 is 0 Å². The summed E-state index contributed by atoms with van der Waals surface area (Å²) >= 11 is 6.40. The van der Waals surface area contributed by atoms with E-state index in [0.29, 0.717) is 12.0 Å². The van der Waals surface area contributed by atoms with E-state index in [1.54, 1.807) is 0 Å². The maximum absolute atomic E-state index is 6.40. The Bertz CT molecular complexity index is 599. The van der Waals surface area contributed by atoms with Gasteiger partial charge in [0, 0.05) is 5.02 Å². The van der Waals surface area contributed by atoms with E-state index in [1.165, 1.54) is 24.8 Å². The van der Waals surface area contributed by atoms with E-state index in [4.69, 9.17) is 16.3 Å². The molecule has 0 fully saturated rings. The highest BCUT2D eigenvalue weighted by molar-refractivity contribution is 6.31. The van der Waals surface area contributed by atoms with Crippen LogP contribution in [0.1, 0.15) is 51.2 Å². The quantitative estimate of drug-likeness (QED) is 0.514. The number of ether oxygens (including phenoxy) is 1. The Morgan fingerprint density at radius 3 is 2.35 bits per heavy atom. The van der Waals surface area contributed by atoms with Crippen molar-refractivity contribution in [3.63, 3.8) is 0 Å². The summed E-state index contributed by atoms with van der Waals surface area (Å²) in [5.41, 5.74) is 2.79. The van der Waals surface area contributed by atoms with Gasteiger partial charge in [-0.2, -0.15) is 0 Å². The zero-order chi connectivity index (χ0) is 16.7. The SMILES string of the molecule is CC(C)(C)CCCCc1ccc(OCc2ccccc2)cc1Cl. The van der Waals surface area contributed by atoms with E-state index < -0.39 is 0 Å². The highest BCUT2D eigenvalue weighted by Gasteiger charge is 2.09. The maximum Gasteiger partial charge on any atom is 0.121 e. The minimum Gasteiger partial charge on any atom is -0.489 e. The number of rotatable bonds is 7. The van der Waals surface area contributed by atoms with Crippen LogP contribution in [0.5, 0.6) is 5.75 Å². The largest absolute Gasteiger partial charge is 0.489 e. The predicted octanol–water partition coefficient (Wildman–Crippen LogP) is 6.68. The van der Waals surface area contributed by atoms with Crippen molar-refractivity contribution < 1.29 is 4.74 Å². The second-order valence-corrected chi connectivity index (χ2v) is 7.70. The Balaban J connectivity index is 1.83. The van der Waals surface area contributed by atoms with Crippen LogP contribution in [-0.2, 0) is 13.0 Å². The molecular formula is C21H27ClO. The molecule has 0 aliphatic heterocycles. The fraction of sp³-hybridized carbons (Fsp3) is 0.429. The second kappa shape index (κ2) is 8.40. The number of hydrogen-bond donors (Lipinski definition) is 0. The number of halogens is 1. The molecule has 1 nitrogen and oxygen atoms in total. The molecule has 0 saturated heterocycles. The summed E-state index contributed by atoms with van der Waals surface area (Å²) in [4.78, 5) is 0. The van der Waals surface area contributed by atoms with E-state index in [0.717, 1.165) is 22.8 Å². The molecule has 0 aliphatic rings. The van der Waals surface area contributed by atoms with Gasteiger partial charge in [-0.3, -0.25) is 0 Å². The smallest absolute Gasteiger partial charge is 0.121 e. The van der Waals surface area contributed by atoms with Crippen LogP contribution in [0.2, 0.25) is 5.02 Å². The third-order valence-electron chi connectivity index (χ3n) is 3.90. The molecule has 2 aromatic rings. The molecule has 0 radical (unpaired) electrons. The normalized spacial score (nSPS) is 11.5. The zero-order valence-corrected chi connectivity index (χ0v) is 15.2. The first kappa shape index (κ1) is 17.9. The first-order valence-corrected chi connectivity index (χ1v) is 8.77. The summed E-state index contributed by atoms with van der Waals surface area (Å²) in [5, 5.41) is 0.811. The van der Waals surface area contributed by atoms with Crippen LogP contribution >= 0.6 is 11.6 Å². The fourth-order valence-corrected chi connectivity index (χ4v) is 2.80. The average Bonchev–Trinajstić information content (AvgIpc) is 2.51. The Morgan fingerprint density at radius 2 is 1.70 bits per heavy atom. The van der Waals surface area contributed by atoms with Crippen LogP contribution < -0.4 is 4.74 Å². The lowest BCUT2D eigenvalue weighted by Crippen LogP contribution is -2.04. The first-order valence-electron chi connectivity index (χ1n) is 8.39. The van der Waals surface area contributed by atoms with Gasteiger partial charge in [0.05, 0.1) is 0 Å². The molecule has 23 heavy (non-hydrogen) atoms. The summed E-state index contributed by atoms with van der Waals surface area (Å²) in [5.74, 6) is 0.831. The van der Waals surface area contributed by atoms with Crippen LogP contribution in [0.3, 0.4) is 0 Å². The van der Waals surface area contributed by atoms with Gasteiger partial charge in [0.15, 0.2) is 0 Å². The highest BCUT2D eigenvalue weighted by Crippen LogP contribution is 2.26. The third kappa shape index (κ3) is 6.66. The summed E-state index contributed by atoms with van der Waals surface area (Å²) in [6.45, 7) is 7.44. The van der Waals surface area contributed by atoms with Gasteiger partial charge < -0.3 is 4.74 Å². The van der Waals surface area contributed by atoms with Gasteiger partial charge in [-0.1, -0.05) is 75.2 Å². The molecule has 0 heterocycles. The lowest BCUT2D eigenvalue weighted by Gasteiger charge is -2.17. The molecule has 2 aromatic carbocycles. The molecule has 0 amide bonds. The predicted molar refractivity (Wildman–Crippen MR) is 99.2 cm³/mol. The van der Waals surface area contributed by atoms with Crippen molar-refractivity contribution in [3.05, 3.63) is 64.7 Å². The minimum atomic E-state index is 0.416. The number of aryl methyl sites for hydroxylation is 1. The molecule has 2 rings (SSSR count). The number of benzene rings is 2. The Hall–Kier alpha value is -1.47. The molecule has 0 aromatic heterocycles.